The number of hydrogen-bond acceptors (Lipinski definition) is 5. The molecule has 0 N–H and O–H groups in total. The Balaban J connectivity index is 2.92. The van der Waals surface area contributed by atoms with Crippen molar-refractivity contribution < 1.29 is 17.9 Å². The molecule has 0 amide bonds. The molecule has 1 aromatic heterocycles. The van der Waals surface area contributed by atoms with Crippen molar-refractivity contribution in [2.45, 2.75) is 11.9 Å². The number of esters is 1. The summed E-state index contributed by atoms with van der Waals surface area (Å²) in [7, 11) is -3.46. The summed E-state index contributed by atoms with van der Waals surface area (Å²) >= 11 is 5.38. The molecule has 0 spiro atoms. The van der Waals surface area contributed by atoms with Gasteiger partial charge in [0, 0.05) is 12.1 Å². The van der Waals surface area contributed by atoms with E-state index >= 15 is 0 Å². The van der Waals surface area contributed by atoms with Gasteiger partial charge in [0.05, 0.1) is 17.9 Å². The first-order valence-electron chi connectivity index (χ1n) is 4.93. The number of rotatable bonds is 5. The molecular weight excluding hydrogens is 266 g/mol. The molecule has 0 radical (unpaired) electrons. The number of nitrogens with zero attached hydrogens (tertiary/aromatic N) is 1. The minimum atomic E-state index is -3.46. The highest BCUT2D eigenvalue weighted by Crippen LogP contribution is 2.10. The summed E-state index contributed by atoms with van der Waals surface area (Å²) in [6, 6.07) is 2.64. The van der Waals surface area contributed by atoms with E-state index in [0.717, 1.165) is 0 Å². The standard InChI is InChI=1S/C10H12ClNO4S/c1-2-16-10(13)8-3-4-9(12-7-8)17(14,15)6-5-11/h3-4,7H,2,5-6H2,1H3. The van der Waals surface area contributed by atoms with Crippen molar-refractivity contribution in [3.8, 4) is 0 Å². The Bertz CT molecular complexity index is 484. The number of halogens is 1. The summed E-state index contributed by atoms with van der Waals surface area (Å²) < 4.78 is 27.9. The molecule has 0 saturated heterocycles. The van der Waals surface area contributed by atoms with Crippen LogP contribution in [0, 0.1) is 0 Å². The summed E-state index contributed by atoms with van der Waals surface area (Å²) in [5.74, 6) is -0.703. The Hall–Kier alpha value is -1.14. The number of carbonyl (C=O) groups is 1. The highest BCUT2D eigenvalue weighted by Gasteiger charge is 2.16. The normalized spacial score (nSPS) is 11.2. The van der Waals surface area contributed by atoms with Crippen LogP contribution in [-0.4, -0.2) is 37.6 Å². The third kappa shape index (κ3) is 3.67. The highest BCUT2D eigenvalue weighted by molar-refractivity contribution is 7.91. The summed E-state index contributed by atoms with van der Waals surface area (Å²) in [4.78, 5) is 15.0. The summed E-state index contributed by atoms with van der Waals surface area (Å²) in [6.45, 7) is 1.94. The summed E-state index contributed by atoms with van der Waals surface area (Å²) in [5.41, 5.74) is 0.219. The van der Waals surface area contributed by atoms with Crippen LogP contribution in [0.5, 0.6) is 0 Å². The molecule has 1 aromatic rings. The van der Waals surface area contributed by atoms with Gasteiger partial charge in [-0.05, 0) is 19.1 Å². The molecular formula is C10H12ClNO4S. The molecule has 7 heteroatoms. The number of ether oxygens (including phenoxy) is 1. The molecule has 0 aliphatic heterocycles. The second-order valence-corrected chi connectivity index (χ2v) is 5.55. The van der Waals surface area contributed by atoms with Gasteiger partial charge in [-0.15, -0.1) is 11.6 Å². The van der Waals surface area contributed by atoms with Crippen LogP contribution >= 0.6 is 11.6 Å². The monoisotopic (exact) mass is 277 g/mol. The van der Waals surface area contributed by atoms with Crippen molar-refractivity contribution in [2.75, 3.05) is 18.2 Å². The molecule has 94 valence electrons. The van der Waals surface area contributed by atoms with E-state index in [0.29, 0.717) is 0 Å². The van der Waals surface area contributed by atoms with Crippen molar-refractivity contribution in [3.63, 3.8) is 0 Å². The van der Waals surface area contributed by atoms with Gasteiger partial charge < -0.3 is 4.74 Å². The topological polar surface area (TPSA) is 73.3 Å². The maximum absolute atomic E-state index is 11.6. The summed E-state index contributed by atoms with van der Waals surface area (Å²) in [5, 5.41) is -0.0915. The number of alkyl halides is 1. The van der Waals surface area contributed by atoms with Crippen LogP contribution in [-0.2, 0) is 14.6 Å². The second-order valence-electron chi connectivity index (χ2n) is 3.11. The Kier molecular flexibility index (Phi) is 4.89. The average molecular weight is 278 g/mol. The molecule has 0 unspecified atom stereocenters. The average Bonchev–Trinajstić information content (AvgIpc) is 2.29. The number of pyridine rings is 1. The zero-order valence-corrected chi connectivity index (χ0v) is 10.8. The summed E-state index contributed by atoms with van der Waals surface area (Å²) in [6.07, 6.45) is 1.18. The van der Waals surface area contributed by atoms with Gasteiger partial charge >= 0.3 is 5.97 Å². The van der Waals surface area contributed by atoms with Crippen molar-refractivity contribution in [3.05, 3.63) is 23.9 Å². The van der Waals surface area contributed by atoms with Gasteiger partial charge in [0.25, 0.3) is 0 Å². The Morgan fingerprint density at radius 2 is 2.18 bits per heavy atom. The molecule has 0 saturated carbocycles. The van der Waals surface area contributed by atoms with E-state index in [4.69, 9.17) is 16.3 Å². The lowest BCUT2D eigenvalue weighted by molar-refractivity contribution is 0.0525. The van der Waals surface area contributed by atoms with Crippen molar-refractivity contribution in [2.24, 2.45) is 0 Å². The maximum Gasteiger partial charge on any atom is 0.339 e. The van der Waals surface area contributed by atoms with Gasteiger partial charge in [-0.2, -0.15) is 0 Å². The van der Waals surface area contributed by atoms with Crippen LogP contribution in [0.4, 0.5) is 0 Å². The Labute approximate surface area is 105 Å². The van der Waals surface area contributed by atoms with E-state index in [1.807, 2.05) is 0 Å². The first-order chi connectivity index (χ1) is 8.01. The minimum absolute atomic E-state index is 0.00361. The molecule has 0 aliphatic rings. The second kappa shape index (κ2) is 5.97. The SMILES string of the molecule is CCOC(=O)c1ccc(S(=O)(=O)CCCl)nc1. The van der Waals surface area contributed by atoms with Gasteiger partial charge in [0.2, 0.25) is 0 Å². The quantitative estimate of drug-likeness (QED) is 0.599. The van der Waals surface area contributed by atoms with Gasteiger partial charge in [-0.3, -0.25) is 0 Å². The van der Waals surface area contributed by atoms with Gasteiger partial charge in [-0.25, -0.2) is 18.2 Å². The zero-order valence-electron chi connectivity index (χ0n) is 9.22. The van der Waals surface area contributed by atoms with Crippen molar-refractivity contribution in [1.29, 1.82) is 0 Å². The fourth-order valence-electron chi connectivity index (χ4n) is 1.11. The van der Waals surface area contributed by atoms with Gasteiger partial charge in [0.15, 0.2) is 14.9 Å². The van der Waals surface area contributed by atoms with Gasteiger partial charge in [0.1, 0.15) is 0 Å². The van der Waals surface area contributed by atoms with Crippen LogP contribution < -0.4 is 0 Å². The highest BCUT2D eigenvalue weighted by atomic mass is 35.5. The Morgan fingerprint density at radius 1 is 1.47 bits per heavy atom. The zero-order chi connectivity index (χ0) is 12.9. The largest absolute Gasteiger partial charge is 0.462 e. The first-order valence-corrected chi connectivity index (χ1v) is 7.12. The van der Waals surface area contributed by atoms with Crippen LogP contribution in [0.25, 0.3) is 0 Å². The molecule has 0 atom stereocenters. The number of sulfone groups is 1. The number of carbonyl (C=O) groups excluding carboxylic acids is 1. The smallest absolute Gasteiger partial charge is 0.339 e. The van der Waals surface area contributed by atoms with E-state index < -0.39 is 15.8 Å². The molecule has 17 heavy (non-hydrogen) atoms. The molecule has 5 nitrogen and oxygen atoms in total. The van der Waals surface area contributed by atoms with E-state index in [1.54, 1.807) is 6.92 Å². The lowest BCUT2D eigenvalue weighted by atomic mass is 10.3. The lowest BCUT2D eigenvalue weighted by Crippen LogP contribution is -2.11. The molecule has 0 bridgehead atoms. The van der Waals surface area contributed by atoms with Crippen LogP contribution in [0.2, 0.25) is 0 Å². The predicted octanol–water partition coefficient (Wildman–Crippen LogP) is 1.27. The van der Waals surface area contributed by atoms with E-state index in [-0.39, 0.29) is 28.8 Å². The third-order valence-corrected chi connectivity index (χ3v) is 3.95. The molecule has 0 aliphatic carbocycles. The first kappa shape index (κ1) is 13.9. The van der Waals surface area contributed by atoms with Crippen molar-refractivity contribution >= 4 is 27.4 Å². The molecule has 1 heterocycles. The fourth-order valence-corrected chi connectivity index (χ4v) is 2.62. The molecule has 0 fully saturated rings. The maximum atomic E-state index is 11.6. The van der Waals surface area contributed by atoms with E-state index in [2.05, 4.69) is 4.98 Å². The van der Waals surface area contributed by atoms with Crippen LogP contribution in [0.1, 0.15) is 17.3 Å². The number of aromatic nitrogens is 1. The predicted molar refractivity (Wildman–Crippen MR) is 63.0 cm³/mol. The van der Waals surface area contributed by atoms with E-state index in [9.17, 15) is 13.2 Å². The third-order valence-electron chi connectivity index (χ3n) is 1.91. The van der Waals surface area contributed by atoms with Crippen molar-refractivity contribution in [1.82, 2.24) is 4.98 Å². The molecule has 1 rings (SSSR count). The molecule has 0 aromatic carbocycles. The van der Waals surface area contributed by atoms with Gasteiger partial charge in [-0.1, -0.05) is 0 Å². The van der Waals surface area contributed by atoms with Crippen LogP contribution in [0.3, 0.4) is 0 Å². The fraction of sp³-hybridized carbons (Fsp3) is 0.400. The minimum Gasteiger partial charge on any atom is -0.462 e. The lowest BCUT2D eigenvalue weighted by Gasteiger charge is -2.03. The Morgan fingerprint density at radius 3 is 2.65 bits per heavy atom. The number of hydrogen-bond donors (Lipinski definition) is 0. The van der Waals surface area contributed by atoms with Crippen LogP contribution in [0.15, 0.2) is 23.4 Å². The van der Waals surface area contributed by atoms with E-state index in [1.165, 1.54) is 18.3 Å².